The number of carboxylic acids is 1. The van der Waals surface area contributed by atoms with E-state index in [9.17, 15) is 14.0 Å². The molecule has 5 nitrogen and oxygen atoms in total. The van der Waals surface area contributed by atoms with E-state index in [-0.39, 0.29) is 19.0 Å². The first-order valence-corrected chi connectivity index (χ1v) is 4.62. The summed E-state index contributed by atoms with van der Waals surface area (Å²) in [5, 5.41) is 11.2. The minimum absolute atomic E-state index is 0.0368. The molecule has 2 rings (SSSR count). The van der Waals surface area contributed by atoms with Crippen LogP contribution < -0.4 is 10.2 Å². The van der Waals surface area contributed by atoms with Gasteiger partial charge in [0.1, 0.15) is 12.4 Å². The molecule has 1 aromatic rings. The van der Waals surface area contributed by atoms with Gasteiger partial charge in [0, 0.05) is 0 Å². The molecule has 1 aliphatic heterocycles. The smallest absolute Gasteiger partial charge is 0.323 e. The number of benzene rings is 1. The molecule has 1 amide bonds. The Morgan fingerprint density at radius 2 is 2.31 bits per heavy atom. The molecule has 0 atom stereocenters. The van der Waals surface area contributed by atoms with Crippen LogP contribution in [0.5, 0.6) is 0 Å². The summed E-state index contributed by atoms with van der Waals surface area (Å²) < 4.78 is 12.9. The molecular weight excluding hydrogens is 215 g/mol. The van der Waals surface area contributed by atoms with Crippen molar-refractivity contribution in [3.05, 3.63) is 24.0 Å². The zero-order valence-corrected chi connectivity index (χ0v) is 8.24. The van der Waals surface area contributed by atoms with E-state index in [4.69, 9.17) is 5.11 Å². The standard InChI is InChI=1S/C10H9FN2O3/c11-6-1-2-8-7(3-6)12-9(14)4-13(8)5-10(15)16/h1-3H,4-5H2,(H,12,14)(H,15,16). The van der Waals surface area contributed by atoms with Gasteiger partial charge in [-0.25, -0.2) is 4.39 Å². The van der Waals surface area contributed by atoms with Crippen LogP contribution in [-0.2, 0) is 9.59 Å². The summed E-state index contributed by atoms with van der Waals surface area (Å²) in [6.07, 6.45) is 0. The monoisotopic (exact) mass is 224 g/mol. The van der Waals surface area contributed by atoms with E-state index in [1.807, 2.05) is 0 Å². The average Bonchev–Trinajstić information content (AvgIpc) is 2.15. The van der Waals surface area contributed by atoms with Crippen LogP contribution >= 0.6 is 0 Å². The maximum Gasteiger partial charge on any atom is 0.323 e. The highest BCUT2D eigenvalue weighted by atomic mass is 19.1. The molecule has 0 saturated carbocycles. The molecule has 0 aliphatic carbocycles. The third kappa shape index (κ3) is 1.95. The lowest BCUT2D eigenvalue weighted by molar-refractivity contribution is -0.135. The number of carbonyl (C=O) groups excluding carboxylic acids is 1. The molecule has 0 aromatic heterocycles. The number of hydrogen-bond donors (Lipinski definition) is 2. The van der Waals surface area contributed by atoms with Crippen molar-refractivity contribution in [3.8, 4) is 0 Å². The number of hydrogen-bond acceptors (Lipinski definition) is 3. The van der Waals surface area contributed by atoms with Gasteiger partial charge in [0.25, 0.3) is 0 Å². The molecule has 6 heteroatoms. The minimum atomic E-state index is -1.04. The normalized spacial score (nSPS) is 14.3. The first-order valence-electron chi connectivity index (χ1n) is 4.62. The Morgan fingerprint density at radius 1 is 1.56 bits per heavy atom. The van der Waals surface area contributed by atoms with E-state index in [2.05, 4.69) is 5.32 Å². The van der Waals surface area contributed by atoms with Crippen LogP contribution in [0.25, 0.3) is 0 Å². The molecule has 1 aromatic carbocycles. The molecule has 0 saturated heterocycles. The third-order valence-electron chi connectivity index (χ3n) is 2.23. The van der Waals surface area contributed by atoms with Gasteiger partial charge in [-0.15, -0.1) is 0 Å². The van der Waals surface area contributed by atoms with E-state index in [0.717, 1.165) is 0 Å². The fourth-order valence-corrected chi connectivity index (χ4v) is 1.64. The molecule has 0 fully saturated rings. The Bertz CT molecular complexity index is 461. The predicted octanol–water partition coefficient (Wildman–Crippen LogP) is 0.669. The van der Waals surface area contributed by atoms with Gasteiger partial charge < -0.3 is 15.3 Å². The Kier molecular flexibility index (Phi) is 2.47. The number of fused-ring (bicyclic) bond motifs is 1. The number of rotatable bonds is 2. The molecule has 1 aliphatic rings. The number of carboxylic acid groups (broad SMARTS) is 1. The molecule has 1 heterocycles. The van der Waals surface area contributed by atoms with Gasteiger partial charge in [-0.3, -0.25) is 9.59 Å². The van der Waals surface area contributed by atoms with E-state index in [1.54, 1.807) is 0 Å². The van der Waals surface area contributed by atoms with E-state index < -0.39 is 11.8 Å². The lowest BCUT2D eigenvalue weighted by atomic mass is 10.2. The summed E-state index contributed by atoms with van der Waals surface area (Å²) in [5.74, 6) is -1.86. The number of carbonyl (C=O) groups is 2. The van der Waals surface area contributed by atoms with Crippen molar-refractivity contribution < 1.29 is 19.1 Å². The van der Waals surface area contributed by atoms with Crippen LogP contribution in [0.4, 0.5) is 15.8 Å². The van der Waals surface area contributed by atoms with E-state index in [1.165, 1.54) is 23.1 Å². The Morgan fingerprint density at radius 3 is 3.00 bits per heavy atom. The highest BCUT2D eigenvalue weighted by Gasteiger charge is 2.23. The minimum Gasteiger partial charge on any atom is -0.480 e. The maximum atomic E-state index is 12.9. The van der Waals surface area contributed by atoms with Crippen molar-refractivity contribution in [3.63, 3.8) is 0 Å². The molecule has 0 bridgehead atoms. The first kappa shape index (κ1) is 10.4. The van der Waals surface area contributed by atoms with Crippen molar-refractivity contribution in [1.29, 1.82) is 0 Å². The van der Waals surface area contributed by atoms with Crippen LogP contribution in [0.1, 0.15) is 0 Å². The van der Waals surface area contributed by atoms with Crippen LogP contribution in [0.2, 0.25) is 0 Å². The fourth-order valence-electron chi connectivity index (χ4n) is 1.64. The highest BCUT2D eigenvalue weighted by molar-refractivity contribution is 6.02. The average molecular weight is 224 g/mol. The number of nitrogens with one attached hydrogen (secondary N) is 1. The molecule has 2 N–H and O–H groups in total. The summed E-state index contributed by atoms with van der Waals surface area (Å²) in [5.41, 5.74) is 0.820. The Hall–Kier alpha value is -2.11. The number of anilines is 2. The van der Waals surface area contributed by atoms with Gasteiger partial charge in [-0.2, -0.15) is 0 Å². The fraction of sp³-hybridized carbons (Fsp3) is 0.200. The lowest BCUT2D eigenvalue weighted by Crippen LogP contribution is -2.41. The second kappa shape index (κ2) is 3.80. The molecule has 0 spiro atoms. The van der Waals surface area contributed by atoms with E-state index in [0.29, 0.717) is 11.4 Å². The lowest BCUT2D eigenvalue weighted by Gasteiger charge is -2.29. The summed E-state index contributed by atoms with van der Waals surface area (Å²) in [7, 11) is 0. The van der Waals surface area contributed by atoms with Gasteiger partial charge in [-0.05, 0) is 18.2 Å². The second-order valence-corrected chi connectivity index (χ2v) is 3.46. The topological polar surface area (TPSA) is 69.6 Å². The first-order chi connectivity index (χ1) is 7.56. The van der Waals surface area contributed by atoms with E-state index >= 15 is 0 Å². The largest absolute Gasteiger partial charge is 0.480 e. The van der Waals surface area contributed by atoms with Crippen molar-refractivity contribution in [2.75, 3.05) is 23.3 Å². The van der Waals surface area contributed by atoms with Gasteiger partial charge in [0.05, 0.1) is 17.9 Å². The van der Waals surface area contributed by atoms with Gasteiger partial charge in [0.2, 0.25) is 5.91 Å². The Balaban J connectivity index is 2.37. The van der Waals surface area contributed by atoms with Gasteiger partial charge in [0.15, 0.2) is 0 Å². The maximum absolute atomic E-state index is 12.9. The van der Waals surface area contributed by atoms with Crippen molar-refractivity contribution >= 4 is 23.3 Å². The third-order valence-corrected chi connectivity index (χ3v) is 2.23. The van der Waals surface area contributed by atoms with Crippen LogP contribution in [0.15, 0.2) is 18.2 Å². The zero-order valence-electron chi connectivity index (χ0n) is 8.24. The summed E-state index contributed by atoms with van der Waals surface area (Å²) >= 11 is 0. The number of aliphatic carboxylic acids is 1. The second-order valence-electron chi connectivity index (χ2n) is 3.46. The van der Waals surface area contributed by atoms with Crippen LogP contribution in [-0.4, -0.2) is 30.1 Å². The quantitative estimate of drug-likeness (QED) is 0.774. The summed E-state index contributed by atoms with van der Waals surface area (Å²) in [4.78, 5) is 23.2. The highest BCUT2D eigenvalue weighted by Crippen LogP contribution is 2.29. The van der Waals surface area contributed by atoms with Crippen LogP contribution in [0.3, 0.4) is 0 Å². The number of amides is 1. The van der Waals surface area contributed by atoms with Gasteiger partial charge in [-0.1, -0.05) is 0 Å². The SMILES string of the molecule is O=C(O)CN1CC(=O)Nc2cc(F)ccc21. The molecule has 0 unspecified atom stereocenters. The van der Waals surface area contributed by atoms with Crippen molar-refractivity contribution in [2.24, 2.45) is 0 Å². The molecule has 16 heavy (non-hydrogen) atoms. The number of halogens is 1. The molecular formula is C10H9FN2O3. The van der Waals surface area contributed by atoms with Gasteiger partial charge >= 0.3 is 5.97 Å². The predicted molar refractivity (Wildman–Crippen MR) is 54.9 cm³/mol. The molecule has 84 valence electrons. The van der Waals surface area contributed by atoms with Crippen molar-refractivity contribution in [1.82, 2.24) is 0 Å². The summed E-state index contributed by atoms with van der Waals surface area (Å²) in [6, 6.07) is 3.85. The number of nitrogens with zero attached hydrogens (tertiary/aromatic N) is 1. The Labute approximate surface area is 90.5 Å². The van der Waals surface area contributed by atoms with Crippen molar-refractivity contribution in [2.45, 2.75) is 0 Å². The molecule has 0 radical (unpaired) electrons. The summed E-state index contributed by atoms with van der Waals surface area (Å²) in [6.45, 7) is -0.322. The van der Waals surface area contributed by atoms with Crippen LogP contribution in [0, 0.1) is 5.82 Å². The zero-order chi connectivity index (χ0) is 11.7.